The first kappa shape index (κ1) is 16.5. The van der Waals surface area contributed by atoms with Crippen LogP contribution < -0.4 is 11.1 Å². The molecule has 6 nitrogen and oxygen atoms in total. The summed E-state index contributed by atoms with van der Waals surface area (Å²) in [6.07, 6.45) is 1.53. The third-order valence-electron chi connectivity index (χ3n) is 3.63. The largest absolute Gasteiger partial charge is 0.467 e. The molecule has 3 aromatic rings. The van der Waals surface area contributed by atoms with Gasteiger partial charge in [0.05, 0.1) is 24.6 Å². The summed E-state index contributed by atoms with van der Waals surface area (Å²) in [4.78, 5) is 18.1. The van der Waals surface area contributed by atoms with E-state index in [2.05, 4.69) is 10.3 Å². The molecule has 0 spiro atoms. The smallest absolute Gasteiger partial charge is 0.263 e. The lowest BCUT2D eigenvalue weighted by molar-refractivity contribution is 0.0953. The SMILES string of the molecule is Cc1cc(CC(C)O)c2c(N)c(C(=O)NCc3ccco3)sc2n1. The van der Waals surface area contributed by atoms with E-state index in [0.717, 1.165) is 16.6 Å². The van der Waals surface area contributed by atoms with E-state index in [-0.39, 0.29) is 5.91 Å². The second-order valence-electron chi connectivity index (χ2n) is 5.76. The molecule has 0 saturated carbocycles. The Morgan fingerprint density at radius 2 is 2.33 bits per heavy atom. The standard InChI is InChI=1S/C17H19N3O3S/c1-9-6-11(7-10(2)21)13-14(18)15(24-17(13)20-9)16(22)19-8-12-4-3-5-23-12/h3-6,10,21H,7-8,18H2,1-2H3,(H,19,22). The van der Waals surface area contributed by atoms with Crippen LogP contribution in [0.2, 0.25) is 0 Å². The number of nitrogen functional groups attached to an aromatic ring is 1. The number of thiophene rings is 1. The Kier molecular flexibility index (Phi) is 4.55. The predicted octanol–water partition coefficient (Wildman–Crippen LogP) is 2.63. The van der Waals surface area contributed by atoms with Crippen LogP contribution in [-0.2, 0) is 13.0 Å². The van der Waals surface area contributed by atoms with E-state index in [4.69, 9.17) is 10.2 Å². The summed E-state index contributed by atoms with van der Waals surface area (Å²) in [5, 5.41) is 13.3. The van der Waals surface area contributed by atoms with Crippen molar-refractivity contribution in [2.45, 2.75) is 32.9 Å². The van der Waals surface area contributed by atoms with E-state index in [0.29, 0.717) is 34.1 Å². The fourth-order valence-electron chi connectivity index (χ4n) is 2.65. The van der Waals surface area contributed by atoms with Crippen molar-refractivity contribution in [1.29, 1.82) is 0 Å². The van der Waals surface area contributed by atoms with Gasteiger partial charge in [-0.05, 0) is 44.0 Å². The van der Waals surface area contributed by atoms with Gasteiger partial charge in [0.15, 0.2) is 0 Å². The van der Waals surface area contributed by atoms with Crippen LogP contribution in [0, 0.1) is 6.92 Å². The first-order valence-corrected chi connectivity index (χ1v) is 8.44. The van der Waals surface area contributed by atoms with Gasteiger partial charge in [-0.3, -0.25) is 4.79 Å². The van der Waals surface area contributed by atoms with Crippen LogP contribution in [0.25, 0.3) is 10.2 Å². The molecule has 0 aromatic carbocycles. The summed E-state index contributed by atoms with van der Waals surface area (Å²) < 4.78 is 5.20. The number of aliphatic hydroxyl groups is 1. The number of carbonyl (C=O) groups is 1. The van der Waals surface area contributed by atoms with Gasteiger partial charge in [-0.15, -0.1) is 11.3 Å². The lowest BCUT2D eigenvalue weighted by atomic mass is 10.0. The summed E-state index contributed by atoms with van der Waals surface area (Å²) in [6, 6.07) is 5.47. The van der Waals surface area contributed by atoms with Crippen molar-refractivity contribution in [1.82, 2.24) is 10.3 Å². The zero-order chi connectivity index (χ0) is 17.3. The number of nitrogens with zero attached hydrogens (tertiary/aromatic N) is 1. The molecule has 1 amide bonds. The van der Waals surface area contributed by atoms with Crippen LogP contribution >= 0.6 is 11.3 Å². The zero-order valence-electron chi connectivity index (χ0n) is 13.5. The van der Waals surface area contributed by atoms with E-state index in [1.807, 2.05) is 13.0 Å². The van der Waals surface area contributed by atoms with Gasteiger partial charge >= 0.3 is 0 Å². The lowest BCUT2D eigenvalue weighted by Crippen LogP contribution is -2.22. The van der Waals surface area contributed by atoms with Gasteiger partial charge in [0, 0.05) is 11.1 Å². The molecule has 7 heteroatoms. The number of nitrogens with one attached hydrogen (secondary N) is 1. The van der Waals surface area contributed by atoms with Crippen molar-refractivity contribution >= 4 is 33.1 Å². The molecule has 126 valence electrons. The number of rotatable bonds is 5. The lowest BCUT2D eigenvalue weighted by Gasteiger charge is -2.08. The molecular weight excluding hydrogens is 326 g/mol. The molecule has 0 aliphatic rings. The van der Waals surface area contributed by atoms with Crippen LogP contribution in [0.3, 0.4) is 0 Å². The number of fused-ring (bicyclic) bond motifs is 1. The molecule has 0 aliphatic heterocycles. The fraction of sp³-hybridized carbons (Fsp3) is 0.294. The minimum Gasteiger partial charge on any atom is -0.467 e. The van der Waals surface area contributed by atoms with Gasteiger partial charge in [-0.2, -0.15) is 0 Å². The van der Waals surface area contributed by atoms with Crippen molar-refractivity contribution in [2.24, 2.45) is 0 Å². The third kappa shape index (κ3) is 3.27. The molecule has 3 rings (SSSR count). The predicted molar refractivity (Wildman–Crippen MR) is 94.0 cm³/mol. The maximum absolute atomic E-state index is 12.4. The maximum Gasteiger partial charge on any atom is 0.263 e. The number of aryl methyl sites for hydroxylation is 1. The molecule has 0 radical (unpaired) electrons. The fourth-order valence-corrected chi connectivity index (χ4v) is 3.75. The van der Waals surface area contributed by atoms with Crippen LogP contribution in [0.4, 0.5) is 5.69 Å². The molecule has 0 aliphatic carbocycles. The summed E-state index contributed by atoms with van der Waals surface area (Å²) in [5.74, 6) is 0.416. The number of nitrogens with two attached hydrogens (primary N) is 1. The first-order chi connectivity index (χ1) is 11.5. The number of amides is 1. The molecule has 0 bridgehead atoms. The van der Waals surface area contributed by atoms with Gasteiger partial charge < -0.3 is 20.6 Å². The zero-order valence-corrected chi connectivity index (χ0v) is 14.3. The molecule has 4 N–H and O–H groups in total. The van der Waals surface area contributed by atoms with Crippen LogP contribution in [0.5, 0.6) is 0 Å². The van der Waals surface area contributed by atoms with Gasteiger partial charge in [-0.1, -0.05) is 0 Å². The highest BCUT2D eigenvalue weighted by molar-refractivity contribution is 7.21. The van der Waals surface area contributed by atoms with Crippen molar-refractivity contribution in [3.8, 4) is 0 Å². The Morgan fingerprint density at radius 1 is 1.54 bits per heavy atom. The summed E-state index contributed by atoms with van der Waals surface area (Å²) in [5.41, 5.74) is 8.38. The Bertz CT molecular complexity index is 869. The Morgan fingerprint density at radius 3 is 3.00 bits per heavy atom. The minimum atomic E-state index is -0.495. The second-order valence-corrected chi connectivity index (χ2v) is 6.76. The Balaban J connectivity index is 1.94. The number of hydrogen-bond acceptors (Lipinski definition) is 6. The molecule has 1 atom stereocenters. The second kappa shape index (κ2) is 6.62. The van der Waals surface area contributed by atoms with Crippen LogP contribution in [-0.4, -0.2) is 22.1 Å². The third-order valence-corrected chi connectivity index (χ3v) is 4.73. The van der Waals surface area contributed by atoms with E-state index >= 15 is 0 Å². The summed E-state index contributed by atoms with van der Waals surface area (Å²) >= 11 is 1.26. The van der Waals surface area contributed by atoms with Crippen LogP contribution in [0.15, 0.2) is 28.9 Å². The topological polar surface area (TPSA) is 101 Å². The van der Waals surface area contributed by atoms with E-state index in [9.17, 15) is 9.90 Å². The molecule has 3 aromatic heterocycles. The van der Waals surface area contributed by atoms with E-state index < -0.39 is 6.10 Å². The number of aliphatic hydroxyl groups excluding tert-OH is 1. The summed E-state index contributed by atoms with van der Waals surface area (Å²) in [6.45, 7) is 3.91. The number of hydrogen-bond donors (Lipinski definition) is 3. The van der Waals surface area contributed by atoms with Gasteiger partial charge in [0.25, 0.3) is 5.91 Å². The molecule has 0 saturated heterocycles. The van der Waals surface area contributed by atoms with Crippen LogP contribution in [0.1, 0.15) is 33.6 Å². The van der Waals surface area contributed by atoms with Crippen molar-refractivity contribution in [3.05, 3.63) is 46.4 Å². The average Bonchev–Trinajstić information content (AvgIpc) is 3.12. The molecule has 1 unspecified atom stereocenters. The highest BCUT2D eigenvalue weighted by Gasteiger charge is 2.20. The monoisotopic (exact) mass is 345 g/mol. The number of carbonyl (C=O) groups excluding carboxylic acids is 1. The quantitative estimate of drug-likeness (QED) is 0.660. The first-order valence-electron chi connectivity index (χ1n) is 7.63. The van der Waals surface area contributed by atoms with Gasteiger partial charge in [0.1, 0.15) is 15.5 Å². The van der Waals surface area contributed by atoms with E-state index in [1.165, 1.54) is 11.3 Å². The summed E-state index contributed by atoms with van der Waals surface area (Å²) in [7, 11) is 0. The number of anilines is 1. The minimum absolute atomic E-state index is 0.257. The molecule has 0 fully saturated rings. The Hall–Kier alpha value is -2.38. The molecular formula is C17H19N3O3S. The van der Waals surface area contributed by atoms with Crippen molar-refractivity contribution in [2.75, 3.05) is 5.73 Å². The number of pyridine rings is 1. The Labute approximate surface area is 143 Å². The van der Waals surface area contributed by atoms with Crippen molar-refractivity contribution in [3.63, 3.8) is 0 Å². The highest BCUT2D eigenvalue weighted by Crippen LogP contribution is 2.35. The van der Waals surface area contributed by atoms with E-state index in [1.54, 1.807) is 25.3 Å². The average molecular weight is 345 g/mol. The van der Waals surface area contributed by atoms with Crippen molar-refractivity contribution < 1.29 is 14.3 Å². The highest BCUT2D eigenvalue weighted by atomic mass is 32.1. The number of aromatic nitrogens is 1. The number of furan rings is 1. The maximum atomic E-state index is 12.4. The van der Waals surface area contributed by atoms with Gasteiger partial charge in [-0.25, -0.2) is 4.98 Å². The normalized spacial score (nSPS) is 12.5. The molecule has 3 heterocycles. The molecule has 24 heavy (non-hydrogen) atoms. The van der Waals surface area contributed by atoms with Gasteiger partial charge in [0.2, 0.25) is 0 Å².